The first-order valence-electron chi connectivity index (χ1n) is 9.50. The molecule has 1 aliphatic rings. The number of hydrogen-bond acceptors (Lipinski definition) is 5. The molecule has 1 amide bonds. The minimum absolute atomic E-state index is 0.0813. The van der Waals surface area contributed by atoms with Gasteiger partial charge in [0, 0.05) is 44.4 Å². The highest BCUT2D eigenvalue weighted by atomic mass is 32.2. The van der Waals surface area contributed by atoms with Crippen LogP contribution in [0.5, 0.6) is 0 Å². The van der Waals surface area contributed by atoms with Crippen LogP contribution in [0.2, 0.25) is 0 Å². The molecule has 0 aromatic carbocycles. The fourth-order valence-corrected chi connectivity index (χ4v) is 4.25. The van der Waals surface area contributed by atoms with Crippen LogP contribution in [-0.2, 0) is 10.0 Å². The van der Waals surface area contributed by atoms with E-state index in [1.807, 2.05) is 49.0 Å². The SMILES string of the molecule is CN(C)CCCNC(=O)c1ccc2ccc(N3CCN(S(C)(=O)=O)CC3)n2c1. The molecule has 0 spiro atoms. The molecule has 1 fully saturated rings. The average Bonchev–Trinajstić information content (AvgIpc) is 3.07. The molecule has 0 bridgehead atoms. The second-order valence-corrected chi connectivity index (χ2v) is 9.45. The van der Waals surface area contributed by atoms with Crippen molar-refractivity contribution >= 4 is 27.3 Å². The van der Waals surface area contributed by atoms with Gasteiger partial charge >= 0.3 is 0 Å². The number of piperazine rings is 1. The number of aromatic nitrogens is 1. The fourth-order valence-electron chi connectivity index (χ4n) is 3.43. The average molecular weight is 408 g/mol. The predicted molar refractivity (Wildman–Crippen MR) is 112 cm³/mol. The molecule has 3 heterocycles. The summed E-state index contributed by atoms with van der Waals surface area (Å²) in [6.45, 7) is 3.76. The molecule has 8 nitrogen and oxygen atoms in total. The number of fused-ring (bicyclic) bond motifs is 1. The van der Waals surface area contributed by atoms with Gasteiger partial charge in [0.25, 0.3) is 5.91 Å². The Kier molecular flexibility index (Phi) is 6.26. The Hall–Kier alpha value is -2.10. The van der Waals surface area contributed by atoms with Gasteiger partial charge in [-0.1, -0.05) is 0 Å². The summed E-state index contributed by atoms with van der Waals surface area (Å²) in [5, 5.41) is 2.97. The number of sulfonamides is 1. The number of anilines is 1. The Balaban J connectivity index is 1.70. The van der Waals surface area contributed by atoms with Crippen molar-refractivity contribution in [3.05, 3.63) is 36.0 Å². The Bertz CT molecular complexity index is 930. The van der Waals surface area contributed by atoms with Crippen LogP contribution in [0.25, 0.3) is 5.52 Å². The summed E-state index contributed by atoms with van der Waals surface area (Å²) in [5.41, 5.74) is 1.62. The highest BCUT2D eigenvalue weighted by molar-refractivity contribution is 7.88. The quantitative estimate of drug-likeness (QED) is 0.684. The van der Waals surface area contributed by atoms with E-state index < -0.39 is 10.0 Å². The first-order valence-corrected chi connectivity index (χ1v) is 11.3. The largest absolute Gasteiger partial charge is 0.355 e. The number of carbonyl (C=O) groups is 1. The van der Waals surface area contributed by atoms with Crippen LogP contribution >= 0.6 is 0 Å². The van der Waals surface area contributed by atoms with Gasteiger partial charge in [-0.15, -0.1) is 0 Å². The molecule has 154 valence electrons. The van der Waals surface area contributed by atoms with Crippen molar-refractivity contribution in [2.75, 3.05) is 64.5 Å². The molecule has 1 aliphatic heterocycles. The number of amides is 1. The maximum atomic E-state index is 12.5. The Morgan fingerprint density at radius 2 is 1.79 bits per heavy atom. The maximum absolute atomic E-state index is 12.5. The van der Waals surface area contributed by atoms with Crippen molar-refractivity contribution in [3.8, 4) is 0 Å². The molecule has 9 heteroatoms. The molecule has 1 N–H and O–H groups in total. The third-order valence-electron chi connectivity index (χ3n) is 4.99. The van der Waals surface area contributed by atoms with Crippen molar-refractivity contribution in [2.45, 2.75) is 6.42 Å². The minimum Gasteiger partial charge on any atom is -0.355 e. The van der Waals surface area contributed by atoms with Crippen LogP contribution in [-0.4, -0.2) is 87.6 Å². The van der Waals surface area contributed by atoms with E-state index in [1.54, 1.807) is 0 Å². The lowest BCUT2D eigenvalue weighted by atomic mass is 10.2. The third kappa shape index (κ3) is 4.84. The second-order valence-electron chi connectivity index (χ2n) is 7.47. The summed E-state index contributed by atoms with van der Waals surface area (Å²) in [7, 11) is 0.875. The molecular formula is C19H29N5O3S. The predicted octanol–water partition coefficient (Wildman–Crippen LogP) is 0.702. The molecule has 0 radical (unpaired) electrons. The molecule has 1 saturated heterocycles. The summed E-state index contributed by atoms with van der Waals surface area (Å²) in [6.07, 6.45) is 4.01. The van der Waals surface area contributed by atoms with Gasteiger partial charge in [0.1, 0.15) is 5.82 Å². The first-order chi connectivity index (χ1) is 13.3. The Morgan fingerprint density at radius 1 is 1.11 bits per heavy atom. The lowest BCUT2D eigenvalue weighted by molar-refractivity contribution is 0.0952. The molecular weight excluding hydrogens is 378 g/mol. The molecule has 2 aromatic rings. The van der Waals surface area contributed by atoms with Crippen molar-refractivity contribution in [1.82, 2.24) is 18.9 Å². The van der Waals surface area contributed by atoms with Crippen LogP contribution in [0.4, 0.5) is 5.82 Å². The van der Waals surface area contributed by atoms with E-state index in [4.69, 9.17) is 0 Å². The maximum Gasteiger partial charge on any atom is 0.252 e. The smallest absolute Gasteiger partial charge is 0.252 e. The monoisotopic (exact) mass is 407 g/mol. The van der Waals surface area contributed by atoms with Gasteiger partial charge in [0.15, 0.2) is 0 Å². The Morgan fingerprint density at radius 3 is 2.43 bits per heavy atom. The van der Waals surface area contributed by atoms with Crippen LogP contribution < -0.4 is 10.2 Å². The first kappa shape index (κ1) is 20.6. The van der Waals surface area contributed by atoms with Gasteiger partial charge in [-0.05, 0) is 51.3 Å². The van der Waals surface area contributed by atoms with Gasteiger partial charge < -0.3 is 19.5 Å². The van der Waals surface area contributed by atoms with Gasteiger partial charge in [-0.3, -0.25) is 4.79 Å². The zero-order valence-corrected chi connectivity index (χ0v) is 17.6. The second kappa shape index (κ2) is 8.50. The third-order valence-corrected chi connectivity index (χ3v) is 6.29. The van der Waals surface area contributed by atoms with E-state index in [1.165, 1.54) is 10.6 Å². The van der Waals surface area contributed by atoms with Gasteiger partial charge in [0.05, 0.1) is 11.8 Å². The van der Waals surface area contributed by atoms with E-state index in [0.717, 1.165) is 24.3 Å². The number of carbonyl (C=O) groups excluding carboxylic acids is 1. The highest BCUT2D eigenvalue weighted by Gasteiger charge is 2.24. The molecule has 28 heavy (non-hydrogen) atoms. The van der Waals surface area contributed by atoms with Crippen LogP contribution in [0.1, 0.15) is 16.8 Å². The highest BCUT2D eigenvalue weighted by Crippen LogP contribution is 2.22. The lowest BCUT2D eigenvalue weighted by Crippen LogP contribution is -2.48. The minimum atomic E-state index is -3.15. The number of hydrogen-bond donors (Lipinski definition) is 1. The van der Waals surface area contributed by atoms with Gasteiger partial charge in [-0.2, -0.15) is 4.31 Å². The van der Waals surface area contributed by atoms with Crippen molar-refractivity contribution in [2.24, 2.45) is 0 Å². The van der Waals surface area contributed by atoms with E-state index in [-0.39, 0.29) is 5.91 Å². The fraction of sp³-hybridized carbons (Fsp3) is 0.526. The topological polar surface area (TPSA) is 77.4 Å². The van der Waals surface area contributed by atoms with E-state index in [2.05, 4.69) is 15.1 Å². The summed E-state index contributed by atoms with van der Waals surface area (Å²) in [5.74, 6) is 0.896. The normalized spacial score (nSPS) is 16.1. The molecule has 0 saturated carbocycles. The molecule has 2 aromatic heterocycles. The van der Waals surface area contributed by atoms with Crippen molar-refractivity contribution in [3.63, 3.8) is 0 Å². The molecule has 0 aliphatic carbocycles. The summed E-state index contributed by atoms with van der Waals surface area (Å²) in [4.78, 5) is 16.7. The van der Waals surface area contributed by atoms with Crippen LogP contribution in [0.3, 0.4) is 0 Å². The number of pyridine rings is 1. The van der Waals surface area contributed by atoms with Crippen LogP contribution in [0.15, 0.2) is 30.5 Å². The standard InChI is InChI=1S/C19H29N5O3S/c1-21(2)10-4-9-20-19(25)16-5-6-17-7-8-18(24(17)15-16)22-11-13-23(14-12-22)28(3,26)27/h5-8,15H,4,9-14H2,1-3H3,(H,20,25). The van der Waals surface area contributed by atoms with E-state index in [9.17, 15) is 13.2 Å². The van der Waals surface area contributed by atoms with E-state index >= 15 is 0 Å². The molecule has 3 rings (SSSR count). The van der Waals surface area contributed by atoms with Gasteiger partial charge in [-0.25, -0.2) is 8.42 Å². The van der Waals surface area contributed by atoms with Crippen molar-refractivity contribution in [1.29, 1.82) is 0 Å². The van der Waals surface area contributed by atoms with E-state index in [0.29, 0.717) is 38.3 Å². The Labute approximate surface area is 166 Å². The zero-order chi connectivity index (χ0) is 20.3. The summed E-state index contributed by atoms with van der Waals surface area (Å²) < 4.78 is 26.9. The number of rotatable bonds is 7. The zero-order valence-electron chi connectivity index (χ0n) is 16.8. The summed E-state index contributed by atoms with van der Waals surface area (Å²) in [6, 6.07) is 7.80. The molecule has 0 atom stereocenters. The summed E-state index contributed by atoms with van der Waals surface area (Å²) >= 11 is 0. The molecule has 0 unspecified atom stereocenters. The number of nitrogens with zero attached hydrogens (tertiary/aromatic N) is 4. The van der Waals surface area contributed by atoms with Crippen LogP contribution in [0, 0.1) is 0 Å². The van der Waals surface area contributed by atoms with Gasteiger partial charge in [0.2, 0.25) is 10.0 Å². The number of nitrogens with one attached hydrogen (secondary N) is 1. The van der Waals surface area contributed by atoms with Crippen molar-refractivity contribution < 1.29 is 13.2 Å². The lowest BCUT2D eigenvalue weighted by Gasteiger charge is -2.34.